The van der Waals surface area contributed by atoms with Crippen molar-refractivity contribution < 1.29 is 4.79 Å². The molecule has 0 saturated carbocycles. The first-order chi connectivity index (χ1) is 14.8. The van der Waals surface area contributed by atoms with Crippen molar-refractivity contribution in [1.82, 2.24) is 20.1 Å². The zero-order valence-corrected chi connectivity index (χ0v) is 18.3. The highest BCUT2D eigenvalue weighted by atomic mass is 32.2. The zero-order valence-electron chi connectivity index (χ0n) is 17.5. The molecule has 4 heterocycles. The minimum absolute atomic E-state index is 0.000361. The maximum Gasteiger partial charge on any atom is 0.239 e. The van der Waals surface area contributed by atoms with E-state index in [1.807, 2.05) is 11.8 Å². The number of carbonyl (C=O) groups is 1. The van der Waals surface area contributed by atoms with E-state index in [0.717, 1.165) is 81.5 Å². The monoisotopic (exact) mass is 425 g/mol. The van der Waals surface area contributed by atoms with Crippen molar-refractivity contribution in [3.8, 4) is 0 Å². The summed E-state index contributed by atoms with van der Waals surface area (Å²) in [6, 6.07) is 13.1. The lowest BCUT2D eigenvalue weighted by Crippen LogP contribution is -2.47. The summed E-state index contributed by atoms with van der Waals surface area (Å²) in [6.45, 7) is 6.89. The van der Waals surface area contributed by atoms with Crippen molar-refractivity contribution in [2.45, 2.75) is 24.9 Å². The first-order valence-electron chi connectivity index (χ1n) is 11.2. The summed E-state index contributed by atoms with van der Waals surface area (Å²) in [7, 11) is 0. The van der Waals surface area contributed by atoms with E-state index in [4.69, 9.17) is 4.98 Å². The summed E-state index contributed by atoms with van der Waals surface area (Å²) in [6.07, 6.45) is 2.07. The molecule has 1 amide bonds. The fraction of sp³-hybridized carbons (Fsp3) is 0.565. The number of nitrogens with zero attached hydrogens (tertiary/aromatic N) is 4. The predicted octanol–water partition coefficient (Wildman–Crippen LogP) is 2.05. The van der Waals surface area contributed by atoms with Crippen LogP contribution in [0.5, 0.6) is 0 Å². The summed E-state index contributed by atoms with van der Waals surface area (Å²) < 4.78 is 0. The van der Waals surface area contributed by atoms with E-state index in [1.165, 1.54) is 5.39 Å². The summed E-state index contributed by atoms with van der Waals surface area (Å²) in [5, 5.41) is 4.71. The summed E-state index contributed by atoms with van der Waals surface area (Å²) in [5.74, 6) is 3.55. The maximum atomic E-state index is 12.9. The molecule has 30 heavy (non-hydrogen) atoms. The van der Waals surface area contributed by atoms with Crippen LogP contribution in [0.3, 0.4) is 0 Å². The summed E-state index contributed by atoms with van der Waals surface area (Å²) in [4.78, 5) is 24.8. The molecule has 160 valence electrons. The van der Waals surface area contributed by atoms with Crippen molar-refractivity contribution in [2.75, 3.05) is 62.2 Å². The smallest absolute Gasteiger partial charge is 0.239 e. The molecule has 3 aliphatic heterocycles. The second-order valence-electron chi connectivity index (χ2n) is 8.53. The van der Waals surface area contributed by atoms with E-state index in [9.17, 15) is 4.79 Å². The number of hydrogen-bond donors (Lipinski definition) is 1. The van der Waals surface area contributed by atoms with Crippen LogP contribution in [0.4, 0.5) is 5.82 Å². The van der Waals surface area contributed by atoms with Gasteiger partial charge in [0.15, 0.2) is 0 Å². The topological polar surface area (TPSA) is 51.7 Å². The van der Waals surface area contributed by atoms with E-state index in [0.29, 0.717) is 11.9 Å². The highest BCUT2D eigenvalue weighted by Gasteiger charge is 2.35. The Bertz CT molecular complexity index is 887. The first kappa shape index (κ1) is 20.1. The predicted molar refractivity (Wildman–Crippen MR) is 124 cm³/mol. The number of carbonyl (C=O) groups excluding carboxylic acids is 1. The third kappa shape index (κ3) is 4.29. The zero-order chi connectivity index (χ0) is 20.3. The first-order valence-corrected chi connectivity index (χ1v) is 12.4. The molecule has 3 aliphatic rings. The fourth-order valence-electron chi connectivity index (χ4n) is 4.95. The number of benzene rings is 1. The van der Waals surface area contributed by atoms with E-state index in [-0.39, 0.29) is 6.04 Å². The Morgan fingerprint density at radius 1 is 1.00 bits per heavy atom. The van der Waals surface area contributed by atoms with Crippen LogP contribution < -0.4 is 10.2 Å². The Balaban J connectivity index is 1.19. The molecule has 0 radical (unpaired) electrons. The van der Waals surface area contributed by atoms with Crippen LogP contribution in [-0.4, -0.2) is 90.1 Å². The number of anilines is 1. The molecular formula is C23H31N5OS. The van der Waals surface area contributed by atoms with Crippen LogP contribution >= 0.6 is 11.8 Å². The molecule has 2 atom stereocenters. The Morgan fingerprint density at radius 2 is 1.87 bits per heavy atom. The molecule has 0 aliphatic carbocycles. The second kappa shape index (κ2) is 9.12. The molecule has 1 aromatic heterocycles. The van der Waals surface area contributed by atoms with Gasteiger partial charge in [-0.3, -0.25) is 9.69 Å². The molecule has 3 fully saturated rings. The number of fused-ring (bicyclic) bond motifs is 1. The van der Waals surface area contributed by atoms with Gasteiger partial charge in [0.05, 0.1) is 11.6 Å². The molecule has 0 unspecified atom stereocenters. The molecular weight excluding hydrogens is 394 g/mol. The molecule has 7 heteroatoms. The molecule has 0 bridgehead atoms. The normalized spacial score (nSPS) is 26.1. The Kier molecular flexibility index (Phi) is 6.11. The van der Waals surface area contributed by atoms with Gasteiger partial charge in [0.2, 0.25) is 5.91 Å². The van der Waals surface area contributed by atoms with E-state index < -0.39 is 0 Å². The Morgan fingerprint density at radius 3 is 2.77 bits per heavy atom. The molecule has 3 saturated heterocycles. The van der Waals surface area contributed by atoms with E-state index in [2.05, 4.69) is 56.4 Å². The van der Waals surface area contributed by atoms with Gasteiger partial charge < -0.3 is 15.1 Å². The number of aromatic nitrogens is 1. The number of rotatable bonds is 3. The standard InChI is InChI=1S/C23H31N5OS/c29-23(28-12-14-30-15-13-28)21-16-19(17-24-21)26-8-3-9-27(11-10-26)22-7-6-18-4-1-2-5-20(18)25-22/h1-2,4-7,19,21,24H,3,8-17H2/t19-,21-/m0/s1. The second-order valence-corrected chi connectivity index (χ2v) is 9.75. The quantitative estimate of drug-likeness (QED) is 0.812. The molecule has 0 spiro atoms. The molecule has 2 aromatic rings. The van der Waals surface area contributed by atoms with Gasteiger partial charge in [-0.25, -0.2) is 4.98 Å². The van der Waals surface area contributed by atoms with Crippen LogP contribution in [0.15, 0.2) is 36.4 Å². The number of thioether (sulfide) groups is 1. The molecule has 6 nitrogen and oxygen atoms in total. The average Bonchev–Trinajstić information content (AvgIpc) is 3.17. The van der Waals surface area contributed by atoms with Crippen LogP contribution in [0.1, 0.15) is 12.8 Å². The van der Waals surface area contributed by atoms with Gasteiger partial charge in [-0.2, -0.15) is 11.8 Å². The van der Waals surface area contributed by atoms with Crippen LogP contribution in [0.25, 0.3) is 10.9 Å². The summed E-state index contributed by atoms with van der Waals surface area (Å²) >= 11 is 1.95. The minimum atomic E-state index is -0.000361. The van der Waals surface area contributed by atoms with Crippen LogP contribution in [0, 0.1) is 0 Å². The van der Waals surface area contributed by atoms with Gasteiger partial charge in [-0.15, -0.1) is 0 Å². The Hall–Kier alpha value is -1.83. The lowest BCUT2D eigenvalue weighted by atomic mass is 10.1. The third-order valence-electron chi connectivity index (χ3n) is 6.68. The van der Waals surface area contributed by atoms with Gasteiger partial charge in [0.1, 0.15) is 5.82 Å². The van der Waals surface area contributed by atoms with Crippen molar-refractivity contribution in [3.63, 3.8) is 0 Å². The van der Waals surface area contributed by atoms with Crippen molar-refractivity contribution in [3.05, 3.63) is 36.4 Å². The third-order valence-corrected chi connectivity index (χ3v) is 7.63. The van der Waals surface area contributed by atoms with Gasteiger partial charge in [-0.1, -0.05) is 18.2 Å². The minimum Gasteiger partial charge on any atom is -0.355 e. The number of pyridine rings is 1. The van der Waals surface area contributed by atoms with Crippen LogP contribution in [0.2, 0.25) is 0 Å². The summed E-state index contributed by atoms with van der Waals surface area (Å²) in [5.41, 5.74) is 1.06. The van der Waals surface area contributed by atoms with E-state index in [1.54, 1.807) is 0 Å². The lowest BCUT2D eigenvalue weighted by Gasteiger charge is -2.29. The fourth-order valence-corrected chi connectivity index (χ4v) is 5.85. The number of para-hydroxylation sites is 1. The largest absolute Gasteiger partial charge is 0.355 e. The van der Waals surface area contributed by atoms with Gasteiger partial charge >= 0.3 is 0 Å². The number of amides is 1. The number of hydrogen-bond acceptors (Lipinski definition) is 6. The highest BCUT2D eigenvalue weighted by molar-refractivity contribution is 7.99. The lowest BCUT2D eigenvalue weighted by molar-refractivity contribution is -0.132. The van der Waals surface area contributed by atoms with Crippen LogP contribution in [-0.2, 0) is 4.79 Å². The number of nitrogens with one attached hydrogen (secondary N) is 1. The van der Waals surface area contributed by atoms with Gasteiger partial charge in [0, 0.05) is 68.7 Å². The molecule has 5 rings (SSSR count). The van der Waals surface area contributed by atoms with Gasteiger partial charge in [-0.05, 0) is 31.0 Å². The van der Waals surface area contributed by atoms with Gasteiger partial charge in [0.25, 0.3) is 0 Å². The van der Waals surface area contributed by atoms with Crippen molar-refractivity contribution in [1.29, 1.82) is 0 Å². The van der Waals surface area contributed by atoms with Crippen molar-refractivity contribution >= 4 is 34.4 Å². The molecule has 1 N–H and O–H groups in total. The van der Waals surface area contributed by atoms with E-state index >= 15 is 0 Å². The average molecular weight is 426 g/mol. The maximum absolute atomic E-state index is 12.9. The van der Waals surface area contributed by atoms with Crippen molar-refractivity contribution in [2.24, 2.45) is 0 Å². The highest BCUT2D eigenvalue weighted by Crippen LogP contribution is 2.22. The Labute approximate surface area is 183 Å². The SMILES string of the molecule is O=C([C@@H]1C[C@H](N2CCCN(c3ccc4ccccc4n3)CC2)CN1)N1CCSCC1. The molecule has 1 aromatic carbocycles.